The Bertz CT molecular complexity index is 1090. The van der Waals surface area contributed by atoms with Crippen LogP contribution in [-0.4, -0.2) is 63.0 Å². The number of hydrogen-bond donors (Lipinski definition) is 1. The molecule has 10 nitrogen and oxygen atoms in total. The largest absolute Gasteiger partial charge is 0.449 e. The molecule has 1 aromatic heterocycles. The van der Waals surface area contributed by atoms with Gasteiger partial charge in [0.2, 0.25) is 10.0 Å². The normalized spacial score (nSPS) is 15.1. The fourth-order valence-electron chi connectivity index (χ4n) is 3.43. The zero-order valence-electron chi connectivity index (χ0n) is 18.6. The maximum atomic E-state index is 13.1. The summed E-state index contributed by atoms with van der Waals surface area (Å²) in [5.74, 6) is -0.562. The summed E-state index contributed by atoms with van der Waals surface area (Å²) in [5.41, 5.74) is 0.700. The molecule has 2 aromatic rings. The van der Waals surface area contributed by atoms with Gasteiger partial charge in [-0.1, -0.05) is 12.1 Å². The van der Waals surface area contributed by atoms with Crippen molar-refractivity contribution in [1.29, 1.82) is 0 Å². The third-order valence-corrected chi connectivity index (χ3v) is 7.02. The van der Waals surface area contributed by atoms with Gasteiger partial charge in [-0.3, -0.25) is 4.79 Å². The van der Waals surface area contributed by atoms with Crippen molar-refractivity contribution >= 4 is 33.4 Å². The maximum Gasteiger partial charge on any atom is 0.341 e. The van der Waals surface area contributed by atoms with Gasteiger partial charge in [-0.2, -0.15) is 0 Å². The van der Waals surface area contributed by atoms with Crippen LogP contribution in [0.15, 0.2) is 33.7 Å². The number of ether oxygens (including phenoxy) is 1. The summed E-state index contributed by atoms with van der Waals surface area (Å²) in [6.07, 6.45) is 1.09. The van der Waals surface area contributed by atoms with Crippen LogP contribution in [0.5, 0.6) is 0 Å². The second-order valence-electron chi connectivity index (χ2n) is 7.77. The molecule has 174 valence electrons. The molecule has 0 bridgehead atoms. The van der Waals surface area contributed by atoms with Gasteiger partial charge in [-0.15, -0.1) is 0 Å². The zero-order valence-corrected chi connectivity index (χ0v) is 19.4. The molecule has 1 aromatic carbocycles. The first-order valence-electron chi connectivity index (χ1n) is 10.4. The minimum Gasteiger partial charge on any atom is -0.449 e. The van der Waals surface area contributed by atoms with Crippen molar-refractivity contribution in [2.24, 2.45) is 0 Å². The highest BCUT2D eigenvalue weighted by Crippen LogP contribution is 2.29. The first kappa shape index (κ1) is 23.7. The molecular weight excluding hydrogens is 436 g/mol. The van der Waals surface area contributed by atoms with E-state index >= 15 is 0 Å². The first-order chi connectivity index (χ1) is 15.1. The third-order valence-electron chi connectivity index (χ3n) is 5.21. The minimum atomic E-state index is -3.75. The van der Waals surface area contributed by atoms with Crippen molar-refractivity contribution in [1.82, 2.24) is 9.46 Å². The number of esters is 1. The quantitative estimate of drug-likeness (QED) is 0.591. The van der Waals surface area contributed by atoms with E-state index in [1.54, 1.807) is 26.0 Å². The molecule has 1 aliphatic rings. The molecular formula is C21H28N4O6S. The molecule has 11 heteroatoms. The lowest BCUT2D eigenvalue weighted by Crippen LogP contribution is -2.33. The molecule has 1 N–H and O–H groups in total. The Labute approximate surface area is 187 Å². The Morgan fingerprint density at radius 1 is 1.25 bits per heavy atom. The summed E-state index contributed by atoms with van der Waals surface area (Å²) in [4.78, 5) is 27.7. The molecule has 2 heterocycles. The van der Waals surface area contributed by atoms with Gasteiger partial charge < -0.3 is 19.5 Å². The lowest BCUT2D eigenvalue weighted by molar-refractivity contribution is -0.124. The summed E-state index contributed by atoms with van der Waals surface area (Å²) >= 11 is 0. The lowest BCUT2D eigenvalue weighted by Gasteiger charge is -2.23. The fourth-order valence-corrected chi connectivity index (χ4v) is 4.36. The van der Waals surface area contributed by atoms with Crippen molar-refractivity contribution in [2.45, 2.75) is 44.1 Å². The molecule has 32 heavy (non-hydrogen) atoms. The van der Waals surface area contributed by atoms with Crippen molar-refractivity contribution in [3.05, 3.63) is 35.6 Å². The molecule has 0 saturated carbocycles. The van der Waals surface area contributed by atoms with Crippen molar-refractivity contribution < 1.29 is 27.3 Å². The number of amides is 1. The topological polar surface area (TPSA) is 122 Å². The zero-order chi connectivity index (χ0) is 23.5. The van der Waals surface area contributed by atoms with E-state index in [1.807, 2.05) is 4.90 Å². The molecule has 1 saturated heterocycles. The lowest BCUT2D eigenvalue weighted by atomic mass is 10.1. The van der Waals surface area contributed by atoms with E-state index in [0.29, 0.717) is 11.4 Å². The number of nitrogens with one attached hydrogen (secondary N) is 1. The average Bonchev–Trinajstić information content (AvgIpc) is 3.43. The van der Waals surface area contributed by atoms with E-state index in [2.05, 4.69) is 10.5 Å². The third kappa shape index (κ3) is 5.10. The van der Waals surface area contributed by atoms with Gasteiger partial charge >= 0.3 is 5.97 Å². The number of hydrogen-bond acceptors (Lipinski definition) is 8. The summed E-state index contributed by atoms with van der Waals surface area (Å²) in [7, 11) is -0.910. The predicted molar refractivity (Wildman–Crippen MR) is 118 cm³/mol. The van der Waals surface area contributed by atoms with Crippen LogP contribution in [0.2, 0.25) is 0 Å². The molecule has 0 radical (unpaired) electrons. The van der Waals surface area contributed by atoms with Gasteiger partial charge in [0.1, 0.15) is 5.76 Å². The van der Waals surface area contributed by atoms with Crippen molar-refractivity contribution in [3.63, 3.8) is 0 Å². The number of aryl methyl sites for hydroxylation is 1. The SMILES string of the molecule is CC[C@H](OC(=O)c1cc(S(=O)(=O)N(C)C)ccc1N1CCCC1)C(=O)Nc1cc(C)on1. The van der Waals surface area contributed by atoms with Gasteiger partial charge in [-0.05, 0) is 44.4 Å². The van der Waals surface area contributed by atoms with E-state index in [-0.39, 0.29) is 22.7 Å². The molecule has 1 aliphatic heterocycles. The Morgan fingerprint density at radius 2 is 1.94 bits per heavy atom. The highest BCUT2D eigenvalue weighted by Gasteiger charge is 2.28. The van der Waals surface area contributed by atoms with Crippen molar-refractivity contribution in [3.8, 4) is 0 Å². The monoisotopic (exact) mass is 464 g/mol. The van der Waals surface area contributed by atoms with Gasteiger partial charge in [0, 0.05) is 33.3 Å². The number of carbonyl (C=O) groups excluding carboxylic acids is 2. The predicted octanol–water partition coefficient (Wildman–Crippen LogP) is 2.41. The highest BCUT2D eigenvalue weighted by molar-refractivity contribution is 7.89. The number of sulfonamides is 1. The van der Waals surface area contributed by atoms with Crippen LogP contribution in [0.1, 0.15) is 42.3 Å². The molecule has 1 atom stereocenters. The van der Waals surface area contributed by atoms with E-state index in [4.69, 9.17) is 9.26 Å². The second kappa shape index (κ2) is 9.70. The van der Waals surface area contributed by atoms with Crippen LogP contribution in [0.25, 0.3) is 0 Å². The Kier molecular flexibility index (Phi) is 7.19. The van der Waals surface area contributed by atoms with Crippen LogP contribution in [0.4, 0.5) is 11.5 Å². The Hall–Kier alpha value is -2.92. The number of rotatable bonds is 8. The molecule has 1 amide bonds. The average molecular weight is 465 g/mol. The molecule has 3 rings (SSSR count). The highest BCUT2D eigenvalue weighted by atomic mass is 32.2. The van der Waals surface area contributed by atoms with Crippen LogP contribution >= 0.6 is 0 Å². The fraction of sp³-hybridized carbons (Fsp3) is 0.476. The summed E-state index contributed by atoms with van der Waals surface area (Å²) in [6, 6.07) is 5.97. The van der Waals surface area contributed by atoms with Gasteiger partial charge in [0.15, 0.2) is 11.9 Å². The van der Waals surface area contributed by atoms with Gasteiger partial charge in [-0.25, -0.2) is 17.5 Å². The van der Waals surface area contributed by atoms with Crippen LogP contribution in [0, 0.1) is 6.92 Å². The standard InChI is InChI=1S/C21H28N4O6S/c1-5-18(20(26)22-19-12-14(2)31-23-19)30-21(27)16-13-15(32(28,29)24(3)4)8-9-17(16)25-10-6-7-11-25/h8-9,12-13,18H,5-7,10-11H2,1-4H3,(H,22,23,26)/t18-/m0/s1. The van der Waals surface area contributed by atoms with Crippen LogP contribution in [0.3, 0.4) is 0 Å². The second-order valence-corrected chi connectivity index (χ2v) is 9.93. The summed E-state index contributed by atoms with van der Waals surface area (Å²) in [6.45, 7) is 4.90. The summed E-state index contributed by atoms with van der Waals surface area (Å²) < 4.78 is 36.7. The Balaban J connectivity index is 1.89. The van der Waals surface area contributed by atoms with E-state index in [0.717, 1.165) is 30.2 Å². The van der Waals surface area contributed by atoms with Gasteiger partial charge in [0.25, 0.3) is 5.91 Å². The van der Waals surface area contributed by atoms with Gasteiger partial charge in [0.05, 0.1) is 16.1 Å². The Morgan fingerprint density at radius 3 is 2.50 bits per heavy atom. The first-order valence-corrected chi connectivity index (χ1v) is 11.8. The van der Waals surface area contributed by atoms with E-state index < -0.39 is 28.0 Å². The van der Waals surface area contributed by atoms with Crippen LogP contribution < -0.4 is 10.2 Å². The van der Waals surface area contributed by atoms with E-state index in [1.165, 1.54) is 26.2 Å². The van der Waals surface area contributed by atoms with Crippen molar-refractivity contribution in [2.75, 3.05) is 37.4 Å². The van der Waals surface area contributed by atoms with Crippen LogP contribution in [-0.2, 0) is 19.6 Å². The number of nitrogens with zero attached hydrogens (tertiary/aromatic N) is 3. The number of aromatic nitrogens is 1. The maximum absolute atomic E-state index is 13.1. The smallest absolute Gasteiger partial charge is 0.341 e. The number of benzene rings is 1. The molecule has 1 fully saturated rings. The number of carbonyl (C=O) groups is 2. The minimum absolute atomic E-state index is 0.0204. The summed E-state index contributed by atoms with van der Waals surface area (Å²) in [5, 5.41) is 6.26. The number of anilines is 2. The molecule has 0 unspecified atom stereocenters. The van der Waals surface area contributed by atoms with E-state index in [9.17, 15) is 18.0 Å². The molecule has 0 spiro atoms. The molecule has 0 aliphatic carbocycles.